The summed E-state index contributed by atoms with van der Waals surface area (Å²) in [4.78, 5) is 10.3. The smallest absolute Gasteiger partial charge is 0.303 e. The average molecular weight is 270 g/mol. The van der Waals surface area contributed by atoms with Crippen LogP contribution in [0.1, 0.15) is 44.2 Å². The monoisotopic (exact) mass is 269 g/mol. The predicted molar refractivity (Wildman–Crippen MR) is 74.0 cm³/mol. The number of carboxylic acid groups (broad SMARTS) is 1. The first-order valence-corrected chi connectivity index (χ1v) is 6.68. The number of halogens is 1. The lowest BCUT2D eigenvalue weighted by atomic mass is 10.1. The normalized spacial score (nSPS) is 12.3. The summed E-state index contributed by atoms with van der Waals surface area (Å²) in [6, 6.07) is 8.11. The average Bonchev–Trinajstić information content (AvgIpc) is 2.34. The molecule has 0 aliphatic rings. The summed E-state index contributed by atoms with van der Waals surface area (Å²) < 4.78 is 0. The number of benzene rings is 1. The lowest BCUT2D eigenvalue weighted by molar-refractivity contribution is -0.137. The molecule has 0 aliphatic heterocycles. The summed E-state index contributed by atoms with van der Waals surface area (Å²) in [6.45, 7) is 3.02. The van der Waals surface area contributed by atoms with Crippen molar-refractivity contribution in [2.24, 2.45) is 0 Å². The molecular formula is C14H20ClNO2. The highest BCUT2D eigenvalue weighted by molar-refractivity contribution is 6.30. The molecule has 0 bridgehead atoms. The van der Waals surface area contributed by atoms with Gasteiger partial charge in [0.25, 0.3) is 0 Å². The number of hydrogen-bond donors (Lipinski definition) is 2. The lowest BCUT2D eigenvalue weighted by Crippen LogP contribution is -2.19. The van der Waals surface area contributed by atoms with Gasteiger partial charge in [0.1, 0.15) is 0 Å². The van der Waals surface area contributed by atoms with Gasteiger partial charge in [0.05, 0.1) is 0 Å². The Labute approximate surface area is 113 Å². The van der Waals surface area contributed by atoms with Crippen LogP contribution in [0.4, 0.5) is 0 Å². The molecular weight excluding hydrogens is 250 g/mol. The van der Waals surface area contributed by atoms with E-state index in [9.17, 15) is 4.79 Å². The zero-order chi connectivity index (χ0) is 13.4. The van der Waals surface area contributed by atoms with Crippen molar-refractivity contribution in [3.63, 3.8) is 0 Å². The maximum Gasteiger partial charge on any atom is 0.303 e. The van der Waals surface area contributed by atoms with E-state index < -0.39 is 5.97 Å². The zero-order valence-electron chi connectivity index (χ0n) is 10.7. The third kappa shape index (κ3) is 6.03. The van der Waals surface area contributed by atoms with Gasteiger partial charge >= 0.3 is 5.97 Å². The van der Waals surface area contributed by atoms with Gasteiger partial charge in [0, 0.05) is 17.5 Å². The van der Waals surface area contributed by atoms with Crippen LogP contribution in [0.25, 0.3) is 0 Å². The Bertz CT molecular complexity index is 365. The molecule has 0 saturated carbocycles. The molecule has 4 heteroatoms. The van der Waals surface area contributed by atoms with E-state index >= 15 is 0 Å². The standard InChI is InChI=1S/C14H20ClNO2/c1-11(12-6-8-13(15)9-7-12)16-10-4-2-3-5-14(17)18/h6-9,11,16H,2-5,10H2,1H3,(H,17,18)/t11-/m1/s1. The fraction of sp³-hybridized carbons (Fsp3) is 0.500. The van der Waals surface area contributed by atoms with Crippen molar-refractivity contribution in [2.75, 3.05) is 6.54 Å². The summed E-state index contributed by atoms with van der Waals surface area (Å²) in [5, 5.41) is 12.7. The largest absolute Gasteiger partial charge is 0.481 e. The number of carboxylic acids is 1. The second-order valence-corrected chi connectivity index (χ2v) is 4.87. The molecule has 1 atom stereocenters. The molecule has 0 amide bonds. The van der Waals surface area contributed by atoms with Gasteiger partial charge in [-0.2, -0.15) is 0 Å². The molecule has 1 rings (SSSR count). The summed E-state index contributed by atoms with van der Waals surface area (Å²) in [7, 11) is 0. The Morgan fingerprint density at radius 2 is 1.94 bits per heavy atom. The molecule has 0 aromatic heterocycles. The third-order valence-corrected chi connectivity index (χ3v) is 3.14. The van der Waals surface area contributed by atoms with Crippen molar-refractivity contribution in [3.05, 3.63) is 34.9 Å². The molecule has 0 unspecified atom stereocenters. The van der Waals surface area contributed by atoms with Crippen molar-refractivity contribution in [1.29, 1.82) is 0 Å². The van der Waals surface area contributed by atoms with Gasteiger partial charge in [-0.25, -0.2) is 0 Å². The number of carbonyl (C=O) groups is 1. The topological polar surface area (TPSA) is 49.3 Å². The Morgan fingerprint density at radius 1 is 1.28 bits per heavy atom. The van der Waals surface area contributed by atoms with Crippen molar-refractivity contribution in [2.45, 2.75) is 38.6 Å². The number of unbranched alkanes of at least 4 members (excludes halogenated alkanes) is 2. The number of aliphatic carboxylic acids is 1. The van der Waals surface area contributed by atoms with E-state index in [1.807, 2.05) is 24.3 Å². The van der Waals surface area contributed by atoms with E-state index in [2.05, 4.69) is 12.2 Å². The summed E-state index contributed by atoms with van der Waals surface area (Å²) in [6.07, 6.45) is 2.98. The Hall–Kier alpha value is -1.06. The van der Waals surface area contributed by atoms with Crippen molar-refractivity contribution in [3.8, 4) is 0 Å². The van der Waals surface area contributed by atoms with Gasteiger partial charge in [-0.1, -0.05) is 30.2 Å². The maximum atomic E-state index is 10.3. The first-order chi connectivity index (χ1) is 8.59. The first-order valence-electron chi connectivity index (χ1n) is 6.30. The third-order valence-electron chi connectivity index (χ3n) is 2.89. The zero-order valence-corrected chi connectivity index (χ0v) is 11.4. The highest BCUT2D eigenvalue weighted by Gasteiger charge is 2.04. The van der Waals surface area contributed by atoms with Crippen LogP contribution in [0.2, 0.25) is 5.02 Å². The SMILES string of the molecule is C[C@@H](NCCCCCC(=O)O)c1ccc(Cl)cc1. The molecule has 1 aromatic carbocycles. The van der Waals surface area contributed by atoms with Crippen LogP contribution in [-0.2, 0) is 4.79 Å². The van der Waals surface area contributed by atoms with E-state index in [1.54, 1.807) is 0 Å². The van der Waals surface area contributed by atoms with Crippen LogP contribution in [0.3, 0.4) is 0 Å². The Balaban J connectivity index is 2.15. The Kier molecular flexibility index (Phi) is 6.76. The molecule has 0 radical (unpaired) electrons. The highest BCUT2D eigenvalue weighted by Crippen LogP contribution is 2.15. The second kappa shape index (κ2) is 8.11. The number of nitrogens with one attached hydrogen (secondary N) is 1. The van der Waals surface area contributed by atoms with E-state index in [1.165, 1.54) is 5.56 Å². The van der Waals surface area contributed by atoms with Crippen LogP contribution >= 0.6 is 11.6 Å². The molecule has 2 N–H and O–H groups in total. The van der Waals surface area contributed by atoms with Gasteiger partial charge in [-0.3, -0.25) is 4.79 Å². The number of rotatable bonds is 8. The molecule has 0 fully saturated rings. The lowest BCUT2D eigenvalue weighted by Gasteiger charge is -2.14. The van der Waals surface area contributed by atoms with Gasteiger partial charge in [-0.15, -0.1) is 0 Å². The molecule has 3 nitrogen and oxygen atoms in total. The van der Waals surface area contributed by atoms with Crippen LogP contribution < -0.4 is 5.32 Å². The molecule has 0 aliphatic carbocycles. The van der Waals surface area contributed by atoms with E-state index in [0.29, 0.717) is 6.04 Å². The van der Waals surface area contributed by atoms with Gasteiger partial charge in [-0.05, 0) is 44.0 Å². The van der Waals surface area contributed by atoms with Crippen LogP contribution in [0.5, 0.6) is 0 Å². The van der Waals surface area contributed by atoms with Crippen LogP contribution in [-0.4, -0.2) is 17.6 Å². The molecule has 1 aromatic rings. The molecule has 0 spiro atoms. The highest BCUT2D eigenvalue weighted by atomic mass is 35.5. The molecule has 18 heavy (non-hydrogen) atoms. The van der Waals surface area contributed by atoms with Crippen LogP contribution in [0, 0.1) is 0 Å². The fourth-order valence-corrected chi connectivity index (χ4v) is 1.89. The van der Waals surface area contributed by atoms with Crippen molar-refractivity contribution in [1.82, 2.24) is 5.32 Å². The summed E-state index contributed by atoms with van der Waals surface area (Å²) in [5.41, 5.74) is 1.21. The van der Waals surface area contributed by atoms with Crippen molar-refractivity contribution < 1.29 is 9.90 Å². The quantitative estimate of drug-likeness (QED) is 0.709. The molecule has 100 valence electrons. The minimum Gasteiger partial charge on any atom is -0.481 e. The first kappa shape index (κ1) is 15.0. The second-order valence-electron chi connectivity index (χ2n) is 4.43. The van der Waals surface area contributed by atoms with Gasteiger partial charge in [0.2, 0.25) is 0 Å². The van der Waals surface area contributed by atoms with Crippen molar-refractivity contribution >= 4 is 17.6 Å². The van der Waals surface area contributed by atoms with Crippen LogP contribution in [0.15, 0.2) is 24.3 Å². The maximum absolute atomic E-state index is 10.3. The van der Waals surface area contributed by atoms with Gasteiger partial charge in [0.15, 0.2) is 0 Å². The minimum absolute atomic E-state index is 0.271. The molecule has 0 heterocycles. The minimum atomic E-state index is -0.711. The van der Waals surface area contributed by atoms with E-state index in [-0.39, 0.29) is 6.42 Å². The van der Waals surface area contributed by atoms with E-state index in [4.69, 9.17) is 16.7 Å². The summed E-state index contributed by atoms with van der Waals surface area (Å²) in [5.74, 6) is -0.711. The summed E-state index contributed by atoms with van der Waals surface area (Å²) >= 11 is 5.84. The fourth-order valence-electron chi connectivity index (χ4n) is 1.77. The molecule has 0 saturated heterocycles. The van der Waals surface area contributed by atoms with Gasteiger partial charge < -0.3 is 10.4 Å². The predicted octanol–water partition coefficient (Wildman–Crippen LogP) is 3.64. The number of hydrogen-bond acceptors (Lipinski definition) is 2. The van der Waals surface area contributed by atoms with E-state index in [0.717, 1.165) is 30.8 Å². The Morgan fingerprint density at radius 3 is 2.56 bits per heavy atom.